The Labute approximate surface area is 462 Å². The molecule has 80 heavy (non-hydrogen) atoms. The van der Waals surface area contributed by atoms with Crippen molar-refractivity contribution in [2.45, 2.75) is 50.5 Å². The van der Waals surface area contributed by atoms with Crippen molar-refractivity contribution in [1.29, 1.82) is 10.5 Å². The van der Waals surface area contributed by atoms with E-state index in [4.69, 9.17) is 0 Å². The van der Waals surface area contributed by atoms with Gasteiger partial charge in [-0.15, -0.1) is 0 Å². The molecule has 4 aliphatic rings. The third-order valence-corrected chi connectivity index (χ3v) is 18.8. The third-order valence-electron chi connectivity index (χ3n) is 18.8. The van der Waals surface area contributed by atoms with Crippen LogP contribution in [0.4, 0.5) is 11.4 Å². The summed E-state index contributed by atoms with van der Waals surface area (Å²) in [5.74, 6) is -0.0565. The van der Waals surface area contributed by atoms with Crippen molar-refractivity contribution in [3.63, 3.8) is 0 Å². The van der Waals surface area contributed by atoms with E-state index in [1.807, 2.05) is 0 Å². The minimum absolute atomic E-state index is 0.0565. The van der Waals surface area contributed by atoms with Gasteiger partial charge in [-0.1, -0.05) is 216 Å². The molecule has 0 amide bonds. The number of hydrogen-bond donors (Lipinski definition) is 0. The summed E-state index contributed by atoms with van der Waals surface area (Å²) in [5.41, 5.74) is 20.9. The molecule has 0 saturated carbocycles. The SMILES string of the molecule is CC1(C)c2ccccc2-c2c1ccc1c2N(c2c(C#N)c(C#N)c(-n3c4ccccc4c4ccc5c(c43)-c3ccccc3C5(C)C)c(-n3c4ccccc4c4ccccc43)c2-n2c3ccccc3c3ccccc32)C2C=CC=CC12. The Bertz CT molecular complexity index is 5020. The molecule has 0 fully saturated rings. The van der Waals surface area contributed by atoms with Gasteiger partial charge in [0.1, 0.15) is 12.1 Å². The number of rotatable bonds is 4. The largest absolute Gasteiger partial charge is 0.330 e. The highest BCUT2D eigenvalue weighted by Gasteiger charge is 2.48. The Kier molecular flexibility index (Phi) is 8.85. The van der Waals surface area contributed by atoms with Gasteiger partial charge >= 0.3 is 0 Å². The molecule has 6 heteroatoms. The molecule has 2 atom stereocenters. The summed E-state index contributed by atoms with van der Waals surface area (Å²) in [4.78, 5) is 2.50. The van der Waals surface area contributed by atoms with Crippen molar-refractivity contribution < 1.29 is 0 Å². The van der Waals surface area contributed by atoms with Gasteiger partial charge in [-0.2, -0.15) is 10.5 Å². The normalized spacial score (nSPS) is 16.8. The Morgan fingerprint density at radius 3 is 1.31 bits per heavy atom. The number of allylic oxidation sites excluding steroid dienone is 2. The second-order valence-corrected chi connectivity index (χ2v) is 23.3. The number of nitrogens with zero attached hydrogens (tertiary/aromatic N) is 6. The minimum Gasteiger partial charge on any atom is -0.330 e. The van der Waals surface area contributed by atoms with E-state index in [1.165, 1.54) is 44.5 Å². The van der Waals surface area contributed by atoms with Gasteiger partial charge in [0.05, 0.1) is 78.7 Å². The molecule has 13 aromatic rings. The standard InChI is InChI=1S/C74H50N6/c1-73(2)55-29-13-5-27-51(55)65-57(73)39-37-49-47-25-11-19-35-63(47)79(67(49)65)69-53(41-75)54(42-76)70(80-64-36-20-12-26-48(64)50-38-40-58-66(68(50)80)52-28-6-14-30-56(52)74(58,3)4)72(78-61-33-17-9-23-45(61)46-24-10-18-34-62(46)78)71(69)77-59-31-15-7-21-43(59)44-22-8-16-32-60(44)77/h5-40,47,63H,1-4H3. The lowest BCUT2D eigenvalue weighted by molar-refractivity contribution is 0.660. The molecule has 0 saturated heterocycles. The molecular formula is C74H50N6. The van der Waals surface area contributed by atoms with Gasteiger partial charge in [-0.3, -0.25) is 0 Å². The van der Waals surface area contributed by atoms with Gasteiger partial charge in [0, 0.05) is 60.2 Å². The first-order valence-corrected chi connectivity index (χ1v) is 27.8. The fraction of sp³-hybridized carbons (Fsp3) is 0.108. The van der Waals surface area contributed by atoms with Crippen LogP contribution >= 0.6 is 0 Å². The summed E-state index contributed by atoms with van der Waals surface area (Å²) in [7, 11) is 0. The number of nitriles is 2. The van der Waals surface area contributed by atoms with E-state index in [0.29, 0.717) is 22.5 Å². The van der Waals surface area contributed by atoms with Crippen molar-refractivity contribution >= 4 is 76.8 Å². The number of para-hydroxylation sites is 5. The predicted octanol–water partition coefficient (Wildman–Crippen LogP) is 18.1. The fourth-order valence-electron chi connectivity index (χ4n) is 15.5. The van der Waals surface area contributed by atoms with Crippen molar-refractivity contribution in [1.82, 2.24) is 13.7 Å². The molecule has 376 valence electrons. The molecule has 2 unspecified atom stereocenters. The summed E-state index contributed by atoms with van der Waals surface area (Å²) in [6.07, 6.45) is 8.98. The molecule has 10 aromatic carbocycles. The summed E-state index contributed by atoms with van der Waals surface area (Å²) in [6, 6.07) is 76.0. The van der Waals surface area contributed by atoms with Crippen LogP contribution in [0, 0.1) is 22.7 Å². The Morgan fingerprint density at radius 1 is 0.362 bits per heavy atom. The van der Waals surface area contributed by atoms with Crippen molar-refractivity contribution in [2.24, 2.45) is 0 Å². The lowest BCUT2D eigenvalue weighted by Gasteiger charge is -2.35. The van der Waals surface area contributed by atoms with E-state index >= 15 is 0 Å². The molecule has 3 aromatic heterocycles. The average Bonchev–Trinajstić information content (AvgIpc) is 4.51. The van der Waals surface area contributed by atoms with Gasteiger partial charge in [0.25, 0.3) is 0 Å². The zero-order valence-corrected chi connectivity index (χ0v) is 44.6. The van der Waals surface area contributed by atoms with Crippen LogP contribution in [0.3, 0.4) is 0 Å². The van der Waals surface area contributed by atoms with E-state index < -0.39 is 0 Å². The van der Waals surface area contributed by atoms with Crippen LogP contribution in [-0.4, -0.2) is 19.7 Å². The van der Waals surface area contributed by atoms with Crippen molar-refractivity contribution in [3.8, 4) is 51.5 Å². The highest BCUT2D eigenvalue weighted by Crippen LogP contribution is 2.62. The lowest BCUT2D eigenvalue weighted by Crippen LogP contribution is -2.31. The summed E-state index contributed by atoms with van der Waals surface area (Å²) in [5, 5.41) is 31.9. The first kappa shape index (κ1) is 44.9. The smallest absolute Gasteiger partial charge is 0.103 e. The molecule has 0 bridgehead atoms. The van der Waals surface area contributed by atoms with Crippen LogP contribution in [0.1, 0.15) is 72.6 Å². The molecule has 17 rings (SSSR count). The first-order chi connectivity index (χ1) is 39.2. The molecule has 0 spiro atoms. The topological polar surface area (TPSA) is 65.6 Å². The number of hydrogen-bond acceptors (Lipinski definition) is 3. The van der Waals surface area contributed by atoms with E-state index in [2.05, 4.69) is 277 Å². The van der Waals surface area contributed by atoms with E-state index in [9.17, 15) is 10.5 Å². The maximum Gasteiger partial charge on any atom is 0.103 e. The number of fused-ring (bicyclic) bond motifs is 20. The fourth-order valence-corrected chi connectivity index (χ4v) is 15.5. The molecule has 3 aliphatic carbocycles. The van der Waals surface area contributed by atoms with Gasteiger partial charge in [0.15, 0.2) is 0 Å². The zero-order chi connectivity index (χ0) is 53.5. The monoisotopic (exact) mass is 1020 g/mol. The Balaban J connectivity index is 1.18. The van der Waals surface area contributed by atoms with Crippen molar-refractivity contribution in [3.05, 3.63) is 257 Å². The van der Waals surface area contributed by atoms with Gasteiger partial charge in [-0.05, 0) is 69.3 Å². The highest BCUT2D eigenvalue weighted by atomic mass is 15.2. The maximum atomic E-state index is 12.7. The molecular weight excluding hydrogens is 973 g/mol. The summed E-state index contributed by atoms with van der Waals surface area (Å²) in [6.45, 7) is 9.34. The Morgan fingerprint density at radius 2 is 0.775 bits per heavy atom. The summed E-state index contributed by atoms with van der Waals surface area (Å²) < 4.78 is 7.27. The van der Waals surface area contributed by atoms with Crippen LogP contribution in [0.5, 0.6) is 0 Å². The van der Waals surface area contributed by atoms with Crippen molar-refractivity contribution in [2.75, 3.05) is 4.90 Å². The van der Waals surface area contributed by atoms with Gasteiger partial charge < -0.3 is 18.6 Å². The number of anilines is 2. The maximum absolute atomic E-state index is 12.7. The quantitative estimate of drug-likeness (QED) is 0.176. The van der Waals surface area contributed by atoms with Crippen LogP contribution in [-0.2, 0) is 10.8 Å². The van der Waals surface area contributed by atoms with Crippen LogP contribution in [0.25, 0.3) is 105 Å². The lowest BCUT2D eigenvalue weighted by atomic mass is 9.81. The molecule has 0 N–H and O–H groups in total. The van der Waals surface area contributed by atoms with Gasteiger partial charge in [-0.25, -0.2) is 0 Å². The molecule has 4 heterocycles. The average molecular weight is 1020 g/mol. The van der Waals surface area contributed by atoms with Crippen LogP contribution in [0.2, 0.25) is 0 Å². The number of aromatic nitrogens is 3. The zero-order valence-electron chi connectivity index (χ0n) is 44.6. The summed E-state index contributed by atoms with van der Waals surface area (Å²) >= 11 is 0. The molecule has 0 radical (unpaired) electrons. The highest BCUT2D eigenvalue weighted by molar-refractivity contribution is 6.18. The Hall–Kier alpha value is -10.1. The predicted molar refractivity (Wildman–Crippen MR) is 327 cm³/mol. The molecule has 1 aliphatic heterocycles. The van der Waals surface area contributed by atoms with E-state index in [1.54, 1.807) is 0 Å². The van der Waals surface area contributed by atoms with Crippen LogP contribution in [0.15, 0.2) is 218 Å². The molecule has 6 nitrogen and oxygen atoms in total. The van der Waals surface area contributed by atoms with E-state index in [0.717, 1.165) is 88.0 Å². The third kappa shape index (κ3) is 5.45. The minimum atomic E-state index is -0.319. The van der Waals surface area contributed by atoms with E-state index in [-0.39, 0.29) is 22.8 Å². The van der Waals surface area contributed by atoms with Gasteiger partial charge in [0.2, 0.25) is 0 Å². The second-order valence-electron chi connectivity index (χ2n) is 23.3. The second kappa shape index (κ2) is 15.8. The first-order valence-electron chi connectivity index (χ1n) is 27.8. The number of benzene rings is 10. The van der Waals surface area contributed by atoms with Crippen LogP contribution < -0.4 is 4.90 Å².